The minimum Gasteiger partial charge on any atom is -0.452 e. The van der Waals surface area contributed by atoms with E-state index in [1.807, 2.05) is 0 Å². The van der Waals surface area contributed by atoms with Gasteiger partial charge < -0.3 is 10.1 Å². The number of benzene rings is 2. The number of aromatic nitrogens is 2. The summed E-state index contributed by atoms with van der Waals surface area (Å²) in [6, 6.07) is 8.63. The van der Waals surface area contributed by atoms with E-state index in [1.165, 1.54) is 30.6 Å². The van der Waals surface area contributed by atoms with Gasteiger partial charge in [0, 0.05) is 18.1 Å². The first kappa shape index (κ1) is 16.8. The lowest BCUT2D eigenvalue weighted by Crippen LogP contribution is -2.21. The molecule has 3 aromatic rings. The minimum absolute atomic E-state index is 0.121. The van der Waals surface area contributed by atoms with Crippen molar-refractivity contribution in [2.24, 2.45) is 0 Å². The van der Waals surface area contributed by atoms with E-state index in [-0.39, 0.29) is 10.6 Å². The van der Waals surface area contributed by atoms with Crippen LogP contribution in [0.25, 0.3) is 11.0 Å². The van der Waals surface area contributed by atoms with E-state index in [0.29, 0.717) is 16.7 Å². The van der Waals surface area contributed by atoms with Crippen molar-refractivity contribution < 1.29 is 18.7 Å². The summed E-state index contributed by atoms with van der Waals surface area (Å²) < 4.78 is 18.1. The Bertz CT molecular complexity index is 960. The normalized spacial score (nSPS) is 10.5. The third-order valence-corrected chi connectivity index (χ3v) is 3.55. The number of ether oxygens (including phenoxy) is 1. The lowest BCUT2D eigenvalue weighted by atomic mass is 10.2. The topological polar surface area (TPSA) is 81.2 Å². The van der Waals surface area contributed by atoms with Crippen LogP contribution in [0, 0.1) is 5.82 Å². The highest BCUT2D eigenvalue weighted by molar-refractivity contribution is 6.31. The molecule has 3 rings (SSSR count). The molecule has 8 heteroatoms. The number of carbonyl (C=O) groups excluding carboxylic acids is 2. The molecule has 25 heavy (non-hydrogen) atoms. The van der Waals surface area contributed by atoms with Crippen molar-refractivity contribution in [3.8, 4) is 0 Å². The fraction of sp³-hybridized carbons (Fsp3) is 0.0588. The fourth-order valence-corrected chi connectivity index (χ4v) is 2.32. The first-order chi connectivity index (χ1) is 12.0. The maximum atomic E-state index is 13.1. The van der Waals surface area contributed by atoms with Crippen LogP contribution in [-0.4, -0.2) is 28.5 Å². The molecular weight excluding hydrogens is 349 g/mol. The summed E-state index contributed by atoms with van der Waals surface area (Å²) in [7, 11) is 0. The van der Waals surface area contributed by atoms with E-state index in [4.69, 9.17) is 16.3 Å². The molecule has 0 atom stereocenters. The number of carbonyl (C=O) groups is 2. The van der Waals surface area contributed by atoms with Gasteiger partial charge in [0.15, 0.2) is 6.61 Å². The Labute approximate surface area is 146 Å². The molecule has 0 aliphatic rings. The number of esters is 1. The van der Waals surface area contributed by atoms with Gasteiger partial charge in [-0.15, -0.1) is 0 Å². The number of anilines is 1. The number of amides is 1. The molecule has 0 saturated carbocycles. The van der Waals surface area contributed by atoms with Crippen molar-refractivity contribution in [3.05, 3.63) is 65.2 Å². The molecule has 0 saturated heterocycles. The zero-order valence-electron chi connectivity index (χ0n) is 12.7. The standard InChI is InChI=1S/C17H11ClFN3O3/c18-12-8-10(4-5-13(12)19)22-15(23)9-25-17(24)11-2-1-3-14-16(11)21-7-6-20-14/h1-8H,9H2,(H,22,23). The molecule has 0 aliphatic carbocycles. The molecule has 0 fully saturated rings. The Hall–Kier alpha value is -3.06. The van der Waals surface area contributed by atoms with Crippen LogP contribution in [0.1, 0.15) is 10.4 Å². The predicted octanol–water partition coefficient (Wildman–Crippen LogP) is 3.22. The molecule has 0 radical (unpaired) electrons. The number of halogens is 2. The van der Waals surface area contributed by atoms with Crippen molar-refractivity contribution in [1.29, 1.82) is 0 Å². The summed E-state index contributed by atoms with van der Waals surface area (Å²) in [5.74, 6) is -1.87. The second kappa shape index (κ2) is 7.23. The van der Waals surface area contributed by atoms with E-state index in [9.17, 15) is 14.0 Å². The number of hydrogen-bond acceptors (Lipinski definition) is 5. The smallest absolute Gasteiger partial charge is 0.340 e. The Morgan fingerprint density at radius 1 is 1.16 bits per heavy atom. The van der Waals surface area contributed by atoms with Gasteiger partial charge in [0.25, 0.3) is 5.91 Å². The van der Waals surface area contributed by atoms with Crippen LogP contribution < -0.4 is 5.32 Å². The van der Waals surface area contributed by atoms with Gasteiger partial charge >= 0.3 is 5.97 Å². The predicted molar refractivity (Wildman–Crippen MR) is 89.9 cm³/mol. The van der Waals surface area contributed by atoms with E-state index < -0.39 is 24.3 Å². The summed E-state index contributed by atoms with van der Waals surface area (Å²) >= 11 is 5.64. The van der Waals surface area contributed by atoms with Gasteiger partial charge in [-0.1, -0.05) is 17.7 Å². The maximum absolute atomic E-state index is 13.1. The van der Waals surface area contributed by atoms with Gasteiger partial charge in [0.05, 0.1) is 16.1 Å². The quantitative estimate of drug-likeness (QED) is 0.723. The summed E-state index contributed by atoms with van der Waals surface area (Å²) in [5.41, 5.74) is 1.44. The minimum atomic E-state index is -0.696. The fourth-order valence-electron chi connectivity index (χ4n) is 2.14. The Balaban J connectivity index is 1.65. The SMILES string of the molecule is O=C(COC(=O)c1cccc2nccnc12)Nc1ccc(F)c(Cl)c1. The first-order valence-corrected chi connectivity index (χ1v) is 7.54. The summed E-state index contributed by atoms with van der Waals surface area (Å²) in [6.07, 6.45) is 2.98. The summed E-state index contributed by atoms with van der Waals surface area (Å²) in [4.78, 5) is 32.2. The highest BCUT2D eigenvalue weighted by Crippen LogP contribution is 2.19. The average Bonchev–Trinajstić information content (AvgIpc) is 2.62. The number of para-hydroxylation sites is 1. The highest BCUT2D eigenvalue weighted by Gasteiger charge is 2.15. The maximum Gasteiger partial charge on any atom is 0.340 e. The Morgan fingerprint density at radius 2 is 1.96 bits per heavy atom. The first-order valence-electron chi connectivity index (χ1n) is 7.16. The summed E-state index contributed by atoms with van der Waals surface area (Å²) in [6.45, 7) is -0.509. The van der Waals surface area contributed by atoms with Crippen LogP contribution in [0.15, 0.2) is 48.8 Å². The molecule has 0 unspecified atom stereocenters. The van der Waals surface area contributed by atoms with E-state index in [1.54, 1.807) is 12.1 Å². The molecule has 2 aromatic carbocycles. The van der Waals surface area contributed by atoms with E-state index in [0.717, 1.165) is 6.07 Å². The second-order valence-electron chi connectivity index (χ2n) is 4.98. The van der Waals surface area contributed by atoms with Gasteiger partial charge in [-0.25, -0.2) is 9.18 Å². The van der Waals surface area contributed by atoms with Crippen molar-refractivity contribution in [2.75, 3.05) is 11.9 Å². The van der Waals surface area contributed by atoms with Crippen molar-refractivity contribution in [2.45, 2.75) is 0 Å². The van der Waals surface area contributed by atoms with Crippen molar-refractivity contribution >= 4 is 40.2 Å². The lowest BCUT2D eigenvalue weighted by Gasteiger charge is -2.08. The molecule has 1 amide bonds. The largest absolute Gasteiger partial charge is 0.452 e. The average molecular weight is 360 g/mol. The third kappa shape index (κ3) is 3.89. The van der Waals surface area contributed by atoms with Gasteiger partial charge in [0.2, 0.25) is 0 Å². The molecule has 0 aliphatic heterocycles. The zero-order valence-corrected chi connectivity index (χ0v) is 13.5. The highest BCUT2D eigenvalue weighted by atomic mass is 35.5. The Morgan fingerprint density at radius 3 is 2.76 bits per heavy atom. The van der Waals surface area contributed by atoms with Gasteiger partial charge in [-0.05, 0) is 30.3 Å². The van der Waals surface area contributed by atoms with Gasteiger partial charge in [-0.2, -0.15) is 0 Å². The van der Waals surface area contributed by atoms with E-state index >= 15 is 0 Å². The van der Waals surface area contributed by atoms with Gasteiger partial charge in [0.1, 0.15) is 11.3 Å². The van der Waals surface area contributed by atoms with E-state index in [2.05, 4.69) is 15.3 Å². The number of nitrogens with one attached hydrogen (secondary N) is 1. The molecule has 126 valence electrons. The van der Waals surface area contributed by atoms with Crippen molar-refractivity contribution in [3.63, 3.8) is 0 Å². The van der Waals surface area contributed by atoms with Crippen LogP contribution in [0.2, 0.25) is 5.02 Å². The molecule has 1 heterocycles. The second-order valence-corrected chi connectivity index (χ2v) is 5.39. The lowest BCUT2D eigenvalue weighted by molar-refractivity contribution is -0.119. The molecule has 1 N–H and O–H groups in total. The number of hydrogen-bond donors (Lipinski definition) is 1. The summed E-state index contributed by atoms with van der Waals surface area (Å²) in [5, 5.41) is 2.34. The molecule has 6 nitrogen and oxygen atoms in total. The van der Waals surface area contributed by atoms with Crippen LogP contribution >= 0.6 is 11.6 Å². The van der Waals surface area contributed by atoms with Gasteiger partial charge in [-0.3, -0.25) is 14.8 Å². The van der Waals surface area contributed by atoms with Crippen LogP contribution in [0.4, 0.5) is 10.1 Å². The van der Waals surface area contributed by atoms with Crippen LogP contribution in [0.5, 0.6) is 0 Å². The van der Waals surface area contributed by atoms with Crippen LogP contribution in [-0.2, 0) is 9.53 Å². The zero-order chi connectivity index (χ0) is 17.8. The van der Waals surface area contributed by atoms with Crippen LogP contribution in [0.3, 0.4) is 0 Å². The Kier molecular flexibility index (Phi) is 4.85. The molecule has 0 spiro atoms. The molecule has 1 aromatic heterocycles. The molecule has 0 bridgehead atoms. The number of nitrogens with zero attached hydrogens (tertiary/aromatic N) is 2. The monoisotopic (exact) mass is 359 g/mol. The number of fused-ring (bicyclic) bond motifs is 1. The third-order valence-electron chi connectivity index (χ3n) is 3.26. The number of rotatable bonds is 4. The molecular formula is C17H11ClFN3O3. The van der Waals surface area contributed by atoms with Crippen molar-refractivity contribution in [1.82, 2.24) is 9.97 Å².